The normalized spacial score (nSPS) is 14.7. The fourth-order valence-electron chi connectivity index (χ4n) is 2.45. The maximum atomic E-state index is 11.8. The lowest BCUT2D eigenvalue weighted by molar-refractivity contribution is -0.132. The van der Waals surface area contributed by atoms with Crippen molar-refractivity contribution < 1.29 is 14.0 Å². The van der Waals surface area contributed by atoms with Gasteiger partial charge in [-0.3, -0.25) is 14.5 Å². The summed E-state index contributed by atoms with van der Waals surface area (Å²) in [6, 6.07) is 3.80. The summed E-state index contributed by atoms with van der Waals surface area (Å²) in [5.74, 6) is 1.55. The Bertz CT molecular complexity index is 492. The number of amides is 2. The van der Waals surface area contributed by atoms with Crippen LogP contribution in [0.25, 0.3) is 0 Å². The van der Waals surface area contributed by atoms with Crippen molar-refractivity contribution in [1.29, 1.82) is 0 Å². The van der Waals surface area contributed by atoms with Crippen molar-refractivity contribution >= 4 is 11.8 Å². The summed E-state index contributed by atoms with van der Waals surface area (Å²) in [6.07, 6.45) is 2.12. The maximum Gasteiger partial charge on any atom is 0.241 e. The van der Waals surface area contributed by atoms with Gasteiger partial charge in [-0.15, -0.1) is 0 Å². The summed E-state index contributed by atoms with van der Waals surface area (Å²) in [7, 11) is 1.85. The molecule has 0 saturated carbocycles. The fourth-order valence-corrected chi connectivity index (χ4v) is 2.45. The van der Waals surface area contributed by atoms with Gasteiger partial charge in [0.15, 0.2) is 0 Å². The van der Waals surface area contributed by atoms with E-state index in [-0.39, 0.29) is 24.9 Å². The minimum atomic E-state index is -0.145. The number of rotatable bonds is 6. The summed E-state index contributed by atoms with van der Waals surface area (Å²) >= 11 is 0. The number of likely N-dealkylation sites (tertiary alicyclic amines) is 1. The van der Waals surface area contributed by atoms with Gasteiger partial charge in [-0.1, -0.05) is 0 Å². The van der Waals surface area contributed by atoms with Crippen LogP contribution in [0.15, 0.2) is 16.5 Å². The van der Waals surface area contributed by atoms with Crippen LogP contribution >= 0.6 is 0 Å². The zero-order valence-corrected chi connectivity index (χ0v) is 12.7. The fraction of sp³-hybridized carbons (Fsp3) is 0.600. The van der Waals surface area contributed by atoms with Gasteiger partial charge in [0.05, 0.1) is 19.6 Å². The second-order valence-corrected chi connectivity index (χ2v) is 5.55. The van der Waals surface area contributed by atoms with Crippen LogP contribution in [0.5, 0.6) is 0 Å². The summed E-state index contributed by atoms with van der Waals surface area (Å²) in [4.78, 5) is 27.3. The zero-order chi connectivity index (χ0) is 15.2. The highest BCUT2D eigenvalue weighted by molar-refractivity contribution is 5.85. The van der Waals surface area contributed by atoms with Crippen molar-refractivity contribution in [2.24, 2.45) is 0 Å². The molecule has 1 aromatic heterocycles. The van der Waals surface area contributed by atoms with E-state index in [1.165, 1.54) is 0 Å². The molecule has 21 heavy (non-hydrogen) atoms. The van der Waals surface area contributed by atoms with Crippen molar-refractivity contribution in [3.8, 4) is 0 Å². The molecule has 0 unspecified atom stereocenters. The smallest absolute Gasteiger partial charge is 0.241 e. The molecule has 0 spiro atoms. The van der Waals surface area contributed by atoms with Gasteiger partial charge in [0, 0.05) is 13.1 Å². The standard InChI is InChI=1S/C15H23N3O3/c1-12-5-6-13(21-12)10-17(2)11-14(19)16-9-15(20)18-7-3-4-8-18/h5-6H,3-4,7-11H2,1-2H3,(H,16,19). The molecular formula is C15H23N3O3. The quantitative estimate of drug-likeness (QED) is 0.841. The molecule has 116 valence electrons. The van der Waals surface area contributed by atoms with Gasteiger partial charge >= 0.3 is 0 Å². The van der Waals surface area contributed by atoms with E-state index in [9.17, 15) is 9.59 Å². The first-order chi connectivity index (χ1) is 10.0. The van der Waals surface area contributed by atoms with Gasteiger partial charge in [0.2, 0.25) is 11.8 Å². The highest BCUT2D eigenvalue weighted by atomic mass is 16.3. The number of hydrogen-bond donors (Lipinski definition) is 1. The largest absolute Gasteiger partial charge is 0.465 e. The first-order valence-corrected chi connectivity index (χ1v) is 7.33. The highest BCUT2D eigenvalue weighted by Gasteiger charge is 2.18. The monoisotopic (exact) mass is 293 g/mol. The molecule has 2 heterocycles. The Hall–Kier alpha value is -1.82. The average Bonchev–Trinajstić information content (AvgIpc) is 3.07. The summed E-state index contributed by atoms with van der Waals surface area (Å²) in [5, 5.41) is 2.68. The molecule has 1 aliphatic rings. The highest BCUT2D eigenvalue weighted by Crippen LogP contribution is 2.08. The van der Waals surface area contributed by atoms with Crippen molar-refractivity contribution in [3.05, 3.63) is 23.7 Å². The molecule has 1 saturated heterocycles. The SMILES string of the molecule is Cc1ccc(CN(C)CC(=O)NCC(=O)N2CCCC2)o1. The van der Waals surface area contributed by atoms with E-state index in [1.54, 1.807) is 4.90 Å². The average molecular weight is 293 g/mol. The molecule has 1 fully saturated rings. The Balaban J connectivity index is 1.67. The lowest BCUT2D eigenvalue weighted by Gasteiger charge is -2.17. The molecule has 6 nitrogen and oxygen atoms in total. The van der Waals surface area contributed by atoms with Crippen molar-refractivity contribution in [3.63, 3.8) is 0 Å². The van der Waals surface area contributed by atoms with Crippen LogP contribution in [0.1, 0.15) is 24.4 Å². The number of likely N-dealkylation sites (N-methyl/N-ethyl adjacent to an activating group) is 1. The molecular weight excluding hydrogens is 270 g/mol. The van der Waals surface area contributed by atoms with Gasteiger partial charge in [0.25, 0.3) is 0 Å². The summed E-state index contributed by atoms with van der Waals surface area (Å²) in [5.41, 5.74) is 0. The minimum absolute atomic E-state index is 0.00478. The van der Waals surface area contributed by atoms with Crippen LogP contribution < -0.4 is 5.32 Å². The molecule has 0 radical (unpaired) electrons. The molecule has 0 atom stereocenters. The number of hydrogen-bond acceptors (Lipinski definition) is 4. The van der Waals surface area contributed by atoms with Crippen LogP contribution in [-0.4, -0.2) is 54.8 Å². The summed E-state index contributed by atoms with van der Waals surface area (Å²) in [6.45, 7) is 4.42. The van der Waals surface area contributed by atoms with Crippen LogP contribution in [-0.2, 0) is 16.1 Å². The predicted octanol–water partition coefficient (Wildman–Crippen LogP) is 0.758. The molecule has 0 aromatic carbocycles. The second-order valence-electron chi connectivity index (χ2n) is 5.55. The van der Waals surface area contributed by atoms with Crippen molar-refractivity contribution in [1.82, 2.24) is 15.1 Å². The third-order valence-corrected chi connectivity index (χ3v) is 3.53. The molecule has 1 aromatic rings. The summed E-state index contributed by atoms with van der Waals surface area (Å²) < 4.78 is 5.47. The van der Waals surface area contributed by atoms with Gasteiger partial charge in [-0.25, -0.2) is 0 Å². The van der Waals surface area contributed by atoms with Crippen molar-refractivity contribution in [2.75, 3.05) is 33.2 Å². The molecule has 0 aliphatic carbocycles. The van der Waals surface area contributed by atoms with Crippen molar-refractivity contribution in [2.45, 2.75) is 26.3 Å². The molecule has 1 aliphatic heterocycles. The molecule has 0 bridgehead atoms. The lowest BCUT2D eigenvalue weighted by atomic mass is 10.4. The first-order valence-electron chi connectivity index (χ1n) is 7.33. The van der Waals surface area contributed by atoms with Gasteiger partial charge in [0.1, 0.15) is 11.5 Å². The van der Waals surface area contributed by atoms with E-state index >= 15 is 0 Å². The van der Waals surface area contributed by atoms with E-state index in [0.717, 1.165) is 37.5 Å². The van der Waals surface area contributed by atoms with E-state index in [4.69, 9.17) is 4.42 Å². The van der Waals surface area contributed by atoms with E-state index in [1.807, 2.05) is 31.0 Å². The number of nitrogens with one attached hydrogen (secondary N) is 1. The lowest BCUT2D eigenvalue weighted by Crippen LogP contribution is -2.42. The van der Waals surface area contributed by atoms with Crippen LogP contribution in [0.2, 0.25) is 0 Å². The van der Waals surface area contributed by atoms with Gasteiger partial charge in [-0.2, -0.15) is 0 Å². The number of nitrogens with zero attached hydrogens (tertiary/aromatic N) is 2. The number of aryl methyl sites for hydroxylation is 1. The topological polar surface area (TPSA) is 65.8 Å². The third kappa shape index (κ3) is 4.90. The van der Waals surface area contributed by atoms with Crippen LogP contribution in [0.4, 0.5) is 0 Å². The zero-order valence-electron chi connectivity index (χ0n) is 12.7. The van der Waals surface area contributed by atoms with Gasteiger partial charge in [-0.05, 0) is 38.9 Å². The van der Waals surface area contributed by atoms with Crippen LogP contribution in [0.3, 0.4) is 0 Å². The molecule has 2 amide bonds. The van der Waals surface area contributed by atoms with E-state index in [2.05, 4.69) is 5.32 Å². The minimum Gasteiger partial charge on any atom is -0.465 e. The Labute approximate surface area is 125 Å². The van der Waals surface area contributed by atoms with Crippen LogP contribution in [0, 0.1) is 6.92 Å². The third-order valence-electron chi connectivity index (χ3n) is 3.53. The van der Waals surface area contributed by atoms with E-state index < -0.39 is 0 Å². The molecule has 2 rings (SSSR count). The Morgan fingerprint density at radius 3 is 2.67 bits per heavy atom. The van der Waals surface area contributed by atoms with Gasteiger partial charge < -0.3 is 14.6 Å². The number of carbonyl (C=O) groups is 2. The Kier molecular flexibility index (Phi) is 5.38. The van der Waals surface area contributed by atoms with E-state index in [0.29, 0.717) is 6.54 Å². The molecule has 1 N–H and O–H groups in total. The maximum absolute atomic E-state index is 11.8. The number of furan rings is 1. The number of carbonyl (C=O) groups excluding carboxylic acids is 2. The first kappa shape index (κ1) is 15.6. The Morgan fingerprint density at radius 1 is 1.33 bits per heavy atom. The Morgan fingerprint density at radius 2 is 2.05 bits per heavy atom. The second kappa shape index (κ2) is 7.26. The molecule has 6 heteroatoms. The predicted molar refractivity (Wildman–Crippen MR) is 78.6 cm³/mol.